The van der Waals surface area contributed by atoms with Gasteiger partial charge in [0.25, 0.3) is 5.91 Å². The summed E-state index contributed by atoms with van der Waals surface area (Å²) in [5, 5.41) is 2.65. The molecule has 6 heteroatoms. The van der Waals surface area contributed by atoms with Gasteiger partial charge in [0.05, 0.1) is 11.1 Å². The zero-order valence-electron chi connectivity index (χ0n) is 18.9. The normalized spacial score (nSPS) is 20.4. The number of para-hydroxylation sites is 1. The van der Waals surface area contributed by atoms with Crippen LogP contribution in [0, 0.1) is 17.8 Å². The number of carbonyl (C=O) groups is 3. The molecule has 0 spiro atoms. The van der Waals surface area contributed by atoms with Gasteiger partial charge in [-0.1, -0.05) is 57.5 Å². The summed E-state index contributed by atoms with van der Waals surface area (Å²) in [4.78, 5) is 37.7. The maximum atomic E-state index is 13.0. The minimum absolute atomic E-state index is 0.0926. The monoisotopic (exact) mass is 437 g/mol. The van der Waals surface area contributed by atoms with Gasteiger partial charge in [-0.25, -0.2) is 9.59 Å². The first-order valence-corrected chi connectivity index (χ1v) is 11.2. The molecule has 3 rings (SSSR count). The molecule has 0 aliphatic heterocycles. The highest BCUT2D eigenvalue weighted by Crippen LogP contribution is 2.35. The van der Waals surface area contributed by atoms with Crippen LogP contribution >= 0.6 is 0 Å². The lowest BCUT2D eigenvalue weighted by Gasteiger charge is -2.36. The van der Waals surface area contributed by atoms with E-state index in [1.165, 1.54) is 6.07 Å². The Morgan fingerprint density at radius 2 is 1.56 bits per heavy atom. The molecule has 0 radical (unpaired) electrons. The number of hydrogen-bond donors (Lipinski definition) is 1. The molecule has 0 unspecified atom stereocenters. The fraction of sp³-hybridized carbons (Fsp3) is 0.423. The summed E-state index contributed by atoms with van der Waals surface area (Å²) >= 11 is 0. The molecule has 32 heavy (non-hydrogen) atoms. The van der Waals surface area contributed by atoms with Crippen LogP contribution in [0.5, 0.6) is 0 Å². The Hall–Kier alpha value is -3.15. The number of esters is 2. The molecule has 2 aromatic carbocycles. The van der Waals surface area contributed by atoms with Gasteiger partial charge in [-0.05, 0) is 54.9 Å². The fourth-order valence-electron chi connectivity index (χ4n) is 4.22. The van der Waals surface area contributed by atoms with E-state index in [9.17, 15) is 14.4 Å². The van der Waals surface area contributed by atoms with Crippen molar-refractivity contribution in [1.29, 1.82) is 0 Å². The van der Waals surface area contributed by atoms with Crippen LogP contribution in [0.2, 0.25) is 0 Å². The highest BCUT2D eigenvalue weighted by molar-refractivity contribution is 6.04. The van der Waals surface area contributed by atoms with Crippen LogP contribution in [-0.4, -0.2) is 30.6 Å². The number of benzene rings is 2. The average Bonchev–Trinajstić information content (AvgIpc) is 2.78. The van der Waals surface area contributed by atoms with Crippen LogP contribution in [0.25, 0.3) is 0 Å². The quantitative estimate of drug-likeness (QED) is 0.610. The molecule has 3 atom stereocenters. The van der Waals surface area contributed by atoms with E-state index in [4.69, 9.17) is 9.47 Å². The van der Waals surface area contributed by atoms with Gasteiger partial charge in [0.1, 0.15) is 6.10 Å². The first-order valence-electron chi connectivity index (χ1n) is 11.2. The van der Waals surface area contributed by atoms with Crippen molar-refractivity contribution in [3.63, 3.8) is 0 Å². The van der Waals surface area contributed by atoms with Crippen molar-refractivity contribution in [3.05, 3.63) is 65.7 Å². The Morgan fingerprint density at radius 3 is 2.22 bits per heavy atom. The molecule has 1 aliphatic rings. The molecule has 0 saturated heterocycles. The summed E-state index contributed by atoms with van der Waals surface area (Å²) < 4.78 is 11.1. The molecular formula is C26H31NO5. The summed E-state index contributed by atoms with van der Waals surface area (Å²) in [6.45, 7) is 6.01. The Balaban J connectivity index is 1.64. The summed E-state index contributed by atoms with van der Waals surface area (Å²) in [7, 11) is 0. The van der Waals surface area contributed by atoms with Crippen molar-refractivity contribution < 1.29 is 23.9 Å². The van der Waals surface area contributed by atoms with Gasteiger partial charge in [-0.2, -0.15) is 0 Å². The number of rotatable bonds is 7. The van der Waals surface area contributed by atoms with Gasteiger partial charge >= 0.3 is 11.9 Å². The van der Waals surface area contributed by atoms with Gasteiger partial charge in [-0.15, -0.1) is 0 Å². The average molecular weight is 438 g/mol. The number of anilines is 1. The summed E-state index contributed by atoms with van der Waals surface area (Å²) in [5.74, 6) is -0.527. The molecule has 1 aliphatic carbocycles. The van der Waals surface area contributed by atoms with Crippen LogP contribution in [0.15, 0.2) is 54.6 Å². The smallest absolute Gasteiger partial charge is 0.339 e. The summed E-state index contributed by atoms with van der Waals surface area (Å²) in [6, 6.07) is 15.3. The molecule has 6 nitrogen and oxygen atoms in total. The van der Waals surface area contributed by atoms with Crippen LogP contribution < -0.4 is 5.32 Å². The number of ether oxygens (including phenoxy) is 2. The summed E-state index contributed by atoms with van der Waals surface area (Å²) in [6.07, 6.45) is 2.80. The third-order valence-corrected chi connectivity index (χ3v) is 5.98. The lowest BCUT2D eigenvalue weighted by molar-refractivity contribution is -0.119. The maximum Gasteiger partial charge on any atom is 0.339 e. The van der Waals surface area contributed by atoms with Gasteiger partial charge in [0.2, 0.25) is 0 Å². The van der Waals surface area contributed by atoms with E-state index in [0.717, 1.165) is 19.3 Å². The van der Waals surface area contributed by atoms with E-state index in [-0.39, 0.29) is 17.2 Å². The third-order valence-electron chi connectivity index (χ3n) is 5.98. The third kappa shape index (κ3) is 6.19. The first kappa shape index (κ1) is 23.5. The molecule has 1 amide bonds. The van der Waals surface area contributed by atoms with Crippen molar-refractivity contribution in [1.82, 2.24) is 0 Å². The highest BCUT2D eigenvalue weighted by atomic mass is 16.5. The number of nitrogens with one attached hydrogen (secondary N) is 1. The van der Waals surface area contributed by atoms with Crippen LogP contribution in [0.4, 0.5) is 5.69 Å². The van der Waals surface area contributed by atoms with Crippen molar-refractivity contribution in [2.75, 3.05) is 11.9 Å². The van der Waals surface area contributed by atoms with E-state index in [0.29, 0.717) is 23.4 Å². The molecular weight excluding hydrogens is 406 g/mol. The van der Waals surface area contributed by atoms with Gasteiger partial charge in [0, 0.05) is 5.69 Å². The fourth-order valence-corrected chi connectivity index (χ4v) is 4.22. The zero-order chi connectivity index (χ0) is 23.1. The predicted octanol–water partition coefficient (Wildman–Crippen LogP) is 5.10. The second-order valence-corrected chi connectivity index (χ2v) is 8.81. The van der Waals surface area contributed by atoms with Crippen molar-refractivity contribution in [2.24, 2.45) is 17.8 Å². The van der Waals surface area contributed by atoms with Crippen molar-refractivity contribution in [2.45, 2.75) is 46.1 Å². The number of hydrogen-bond acceptors (Lipinski definition) is 5. The van der Waals surface area contributed by atoms with Gasteiger partial charge in [0.15, 0.2) is 6.61 Å². The molecule has 1 fully saturated rings. The largest absolute Gasteiger partial charge is 0.458 e. The van der Waals surface area contributed by atoms with E-state index in [1.807, 2.05) is 6.07 Å². The highest BCUT2D eigenvalue weighted by Gasteiger charge is 2.34. The Bertz CT molecular complexity index is 940. The Kier molecular flexibility index (Phi) is 8.03. The second-order valence-electron chi connectivity index (χ2n) is 8.81. The second kappa shape index (κ2) is 10.9. The molecule has 1 N–H and O–H groups in total. The zero-order valence-corrected chi connectivity index (χ0v) is 18.9. The molecule has 0 bridgehead atoms. The van der Waals surface area contributed by atoms with E-state index in [2.05, 4.69) is 26.1 Å². The lowest BCUT2D eigenvalue weighted by atomic mass is 9.75. The molecule has 170 valence electrons. The standard InChI is InChI=1S/C26H31NO5/c1-17(2)20-14-13-18(3)15-23(20)32-26(30)22-12-8-7-11-21(22)25(29)31-16-24(28)27-19-9-5-4-6-10-19/h4-12,17-18,20,23H,13-16H2,1-3H3,(H,27,28)/t18-,20-,23+/m1/s1. The van der Waals surface area contributed by atoms with Crippen LogP contribution in [0.1, 0.15) is 60.7 Å². The van der Waals surface area contributed by atoms with E-state index >= 15 is 0 Å². The van der Waals surface area contributed by atoms with Crippen molar-refractivity contribution in [3.8, 4) is 0 Å². The number of amides is 1. The summed E-state index contributed by atoms with van der Waals surface area (Å²) in [5.41, 5.74) is 0.857. The maximum absolute atomic E-state index is 13.0. The number of carbonyl (C=O) groups excluding carboxylic acids is 3. The predicted molar refractivity (Wildman–Crippen MR) is 122 cm³/mol. The van der Waals surface area contributed by atoms with E-state index in [1.54, 1.807) is 42.5 Å². The molecule has 0 aromatic heterocycles. The van der Waals surface area contributed by atoms with Gasteiger partial charge in [-0.3, -0.25) is 4.79 Å². The molecule has 2 aromatic rings. The molecule has 1 saturated carbocycles. The van der Waals surface area contributed by atoms with Crippen molar-refractivity contribution >= 4 is 23.5 Å². The first-order chi connectivity index (χ1) is 15.3. The minimum Gasteiger partial charge on any atom is -0.458 e. The Morgan fingerprint density at radius 1 is 0.938 bits per heavy atom. The van der Waals surface area contributed by atoms with Crippen LogP contribution in [0.3, 0.4) is 0 Å². The van der Waals surface area contributed by atoms with E-state index < -0.39 is 24.5 Å². The Labute approximate surface area is 189 Å². The SMILES string of the molecule is CC(C)[C@H]1CC[C@@H](C)C[C@@H]1OC(=O)c1ccccc1C(=O)OCC(=O)Nc1ccccc1. The van der Waals surface area contributed by atoms with Gasteiger partial charge < -0.3 is 14.8 Å². The lowest BCUT2D eigenvalue weighted by Crippen LogP contribution is -2.36. The minimum atomic E-state index is -0.738. The topological polar surface area (TPSA) is 81.7 Å². The molecule has 0 heterocycles. The van der Waals surface area contributed by atoms with Crippen LogP contribution in [-0.2, 0) is 14.3 Å².